The third kappa shape index (κ3) is 5.95. The highest BCUT2D eigenvalue weighted by Crippen LogP contribution is 2.04. The molecule has 1 rings (SSSR count). The molecule has 0 aliphatic carbocycles. The molecule has 0 atom stereocenters. The highest BCUT2D eigenvalue weighted by molar-refractivity contribution is 9.09. The first-order chi connectivity index (χ1) is 7.33. The SMILES string of the molecule is CN(CCBr)CCCCc1ccccc1. The maximum absolute atomic E-state index is 3.45. The zero-order chi connectivity index (χ0) is 10.9. The summed E-state index contributed by atoms with van der Waals surface area (Å²) < 4.78 is 0. The van der Waals surface area contributed by atoms with Gasteiger partial charge < -0.3 is 4.90 Å². The maximum Gasteiger partial charge on any atom is 0.0159 e. The first-order valence-corrected chi connectivity index (χ1v) is 6.73. The van der Waals surface area contributed by atoms with Gasteiger partial charge in [0.15, 0.2) is 0 Å². The smallest absolute Gasteiger partial charge is 0.0159 e. The van der Waals surface area contributed by atoms with Crippen molar-refractivity contribution in [1.29, 1.82) is 0 Å². The fourth-order valence-corrected chi connectivity index (χ4v) is 2.22. The van der Waals surface area contributed by atoms with Gasteiger partial charge in [-0.1, -0.05) is 46.3 Å². The first-order valence-electron chi connectivity index (χ1n) is 5.61. The molecule has 0 aromatic heterocycles. The van der Waals surface area contributed by atoms with E-state index in [9.17, 15) is 0 Å². The minimum Gasteiger partial charge on any atom is -0.306 e. The van der Waals surface area contributed by atoms with Crippen LogP contribution in [-0.2, 0) is 6.42 Å². The van der Waals surface area contributed by atoms with E-state index in [1.54, 1.807) is 0 Å². The predicted molar refractivity (Wildman–Crippen MR) is 70.7 cm³/mol. The standard InChI is InChI=1S/C13H20BrN/c1-15(12-10-14)11-6-5-9-13-7-3-2-4-8-13/h2-4,7-8H,5-6,9-12H2,1H3. The molecule has 0 saturated heterocycles. The second kappa shape index (κ2) is 7.89. The number of nitrogens with zero attached hydrogens (tertiary/aromatic N) is 1. The van der Waals surface area contributed by atoms with Crippen molar-refractivity contribution < 1.29 is 0 Å². The summed E-state index contributed by atoms with van der Waals surface area (Å²) in [5.41, 5.74) is 1.46. The quantitative estimate of drug-likeness (QED) is 0.542. The Kier molecular flexibility index (Phi) is 6.69. The summed E-state index contributed by atoms with van der Waals surface area (Å²) in [6.45, 7) is 2.35. The minimum absolute atomic E-state index is 1.07. The molecule has 0 aliphatic heterocycles. The molecule has 0 aliphatic rings. The molecule has 1 nitrogen and oxygen atoms in total. The number of halogens is 1. The second-order valence-electron chi connectivity index (χ2n) is 3.93. The van der Waals surface area contributed by atoms with Crippen molar-refractivity contribution in [2.75, 3.05) is 25.5 Å². The number of benzene rings is 1. The van der Waals surface area contributed by atoms with Gasteiger partial charge in [-0.05, 0) is 38.4 Å². The van der Waals surface area contributed by atoms with Gasteiger partial charge in [-0.3, -0.25) is 0 Å². The van der Waals surface area contributed by atoms with Crippen molar-refractivity contribution in [2.45, 2.75) is 19.3 Å². The van der Waals surface area contributed by atoms with Crippen LogP contribution in [0.15, 0.2) is 30.3 Å². The molecule has 0 radical (unpaired) electrons. The van der Waals surface area contributed by atoms with Crippen molar-refractivity contribution in [3.8, 4) is 0 Å². The molecule has 1 aromatic carbocycles. The van der Waals surface area contributed by atoms with E-state index in [1.165, 1.54) is 31.4 Å². The highest BCUT2D eigenvalue weighted by Gasteiger charge is 1.97. The Labute approximate surface area is 102 Å². The van der Waals surface area contributed by atoms with E-state index < -0.39 is 0 Å². The topological polar surface area (TPSA) is 3.24 Å². The molecule has 0 fully saturated rings. The van der Waals surface area contributed by atoms with Gasteiger partial charge in [-0.25, -0.2) is 0 Å². The molecular formula is C13H20BrN. The zero-order valence-electron chi connectivity index (χ0n) is 9.45. The molecule has 0 spiro atoms. The molecule has 0 bridgehead atoms. The Morgan fingerprint density at radius 2 is 1.80 bits per heavy atom. The van der Waals surface area contributed by atoms with E-state index in [0.717, 1.165) is 11.9 Å². The third-order valence-electron chi connectivity index (χ3n) is 2.56. The molecule has 84 valence electrons. The number of rotatable bonds is 7. The number of unbranched alkanes of at least 4 members (excludes halogenated alkanes) is 1. The van der Waals surface area contributed by atoms with Gasteiger partial charge in [-0.15, -0.1) is 0 Å². The van der Waals surface area contributed by atoms with Crippen molar-refractivity contribution in [3.63, 3.8) is 0 Å². The zero-order valence-corrected chi connectivity index (χ0v) is 11.0. The van der Waals surface area contributed by atoms with Gasteiger partial charge in [0.1, 0.15) is 0 Å². The summed E-state index contributed by atoms with van der Waals surface area (Å²) in [6.07, 6.45) is 3.79. The van der Waals surface area contributed by atoms with Crippen LogP contribution in [0.3, 0.4) is 0 Å². The van der Waals surface area contributed by atoms with Crippen molar-refractivity contribution in [1.82, 2.24) is 4.90 Å². The van der Waals surface area contributed by atoms with Gasteiger partial charge in [0.25, 0.3) is 0 Å². The molecule has 15 heavy (non-hydrogen) atoms. The van der Waals surface area contributed by atoms with E-state index in [4.69, 9.17) is 0 Å². The van der Waals surface area contributed by atoms with Crippen LogP contribution in [0.5, 0.6) is 0 Å². The number of hydrogen-bond acceptors (Lipinski definition) is 1. The lowest BCUT2D eigenvalue weighted by Crippen LogP contribution is -2.21. The highest BCUT2D eigenvalue weighted by atomic mass is 79.9. The van der Waals surface area contributed by atoms with Crippen LogP contribution >= 0.6 is 15.9 Å². The fourth-order valence-electron chi connectivity index (χ4n) is 1.61. The van der Waals surface area contributed by atoms with Crippen LogP contribution in [0.1, 0.15) is 18.4 Å². The maximum atomic E-state index is 3.45. The Balaban J connectivity index is 2.07. The summed E-state index contributed by atoms with van der Waals surface area (Å²) >= 11 is 3.45. The summed E-state index contributed by atoms with van der Waals surface area (Å²) in [4.78, 5) is 2.37. The first kappa shape index (κ1) is 12.7. The Hall–Kier alpha value is -0.340. The Morgan fingerprint density at radius 1 is 1.07 bits per heavy atom. The van der Waals surface area contributed by atoms with Gasteiger partial charge >= 0.3 is 0 Å². The minimum atomic E-state index is 1.07. The summed E-state index contributed by atoms with van der Waals surface area (Å²) in [5, 5.41) is 1.07. The summed E-state index contributed by atoms with van der Waals surface area (Å²) in [6, 6.07) is 10.7. The van der Waals surface area contributed by atoms with E-state index in [0.29, 0.717) is 0 Å². The lowest BCUT2D eigenvalue weighted by Gasteiger charge is -2.14. The monoisotopic (exact) mass is 269 g/mol. The lowest BCUT2D eigenvalue weighted by molar-refractivity contribution is 0.347. The molecule has 2 heteroatoms. The van der Waals surface area contributed by atoms with Crippen molar-refractivity contribution in [2.24, 2.45) is 0 Å². The average Bonchev–Trinajstić information content (AvgIpc) is 2.26. The number of aryl methyl sites for hydroxylation is 1. The molecule has 0 unspecified atom stereocenters. The second-order valence-corrected chi connectivity index (χ2v) is 4.73. The molecule has 0 saturated carbocycles. The van der Waals surface area contributed by atoms with E-state index in [1.807, 2.05) is 0 Å². The normalized spacial score (nSPS) is 10.9. The van der Waals surface area contributed by atoms with E-state index >= 15 is 0 Å². The summed E-state index contributed by atoms with van der Waals surface area (Å²) in [7, 11) is 2.18. The van der Waals surface area contributed by atoms with Crippen LogP contribution in [-0.4, -0.2) is 30.4 Å². The van der Waals surface area contributed by atoms with Crippen molar-refractivity contribution >= 4 is 15.9 Å². The van der Waals surface area contributed by atoms with Crippen LogP contribution < -0.4 is 0 Å². The van der Waals surface area contributed by atoms with E-state index in [-0.39, 0.29) is 0 Å². The predicted octanol–water partition coefficient (Wildman–Crippen LogP) is 3.34. The number of alkyl halides is 1. The molecule has 1 aromatic rings. The molecule has 0 amide bonds. The van der Waals surface area contributed by atoms with Crippen LogP contribution in [0.4, 0.5) is 0 Å². The average molecular weight is 270 g/mol. The third-order valence-corrected chi connectivity index (χ3v) is 2.92. The lowest BCUT2D eigenvalue weighted by atomic mass is 10.1. The van der Waals surface area contributed by atoms with E-state index in [2.05, 4.69) is 58.2 Å². The van der Waals surface area contributed by atoms with Gasteiger partial charge in [0, 0.05) is 11.9 Å². The van der Waals surface area contributed by atoms with Crippen molar-refractivity contribution in [3.05, 3.63) is 35.9 Å². The van der Waals surface area contributed by atoms with Gasteiger partial charge in [0.2, 0.25) is 0 Å². The van der Waals surface area contributed by atoms with Crippen LogP contribution in [0.2, 0.25) is 0 Å². The fraction of sp³-hybridized carbons (Fsp3) is 0.538. The number of hydrogen-bond donors (Lipinski definition) is 0. The van der Waals surface area contributed by atoms with Gasteiger partial charge in [-0.2, -0.15) is 0 Å². The largest absolute Gasteiger partial charge is 0.306 e. The Bertz CT molecular complexity index is 248. The summed E-state index contributed by atoms with van der Waals surface area (Å²) in [5.74, 6) is 0. The molecule has 0 N–H and O–H groups in total. The Morgan fingerprint density at radius 3 is 2.47 bits per heavy atom. The van der Waals surface area contributed by atoms with Gasteiger partial charge in [0.05, 0.1) is 0 Å². The molecule has 0 heterocycles. The molecular weight excluding hydrogens is 250 g/mol. The van der Waals surface area contributed by atoms with Crippen LogP contribution in [0.25, 0.3) is 0 Å². The van der Waals surface area contributed by atoms with Crippen LogP contribution in [0, 0.1) is 0 Å².